The van der Waals surface area contributed by atoms with Crippen molar-refractivity contribution in [3.8, 4) is 0 Å². The summed E-state index contributed by atoms with van der Waals surface area (Å²) in [5, 5.41) is 11.9. The number of nitrogens with zero attached hydrogens (tertiary/aromatic N) is 5. The number of tetrazole rings is 1. The Morgan fingerprint density at radius 2 is 2.36 bits per heavy atom. The summed E-state index contributed by atoms with van der Waals surface area (Å²) in [6, 6.07) is 0.697. The lowest BCUT2D eigenvalue weighted by Gasteiger charge is -2.18. The lowest BCUT2D eigenvalue weighted by molar-refractivity contribution is 0.255. The average molecular weight is 196 g/mol. The smallest absolute Gasteiger partial charge is 0.188 e. The van der Waals surface area contributed by atoms with E-state index in [-0.39, 0.29) is 0 Å². The fraction of sp³-hybridized carbons (Fsp3) is 0.875. The number of rotatable bonds is 5. The van der Waals surface area contributed by atoms with E-state index in [0.717, 1.165) is 18.9 Å². The van der Waals surface area contributed by atoms with Gasteiger partial charge < -0.3 is 5.73 Å². The number of aryl methyl sites for hydroxylation is 1. The summed E-state index contributed by atoms with van der Waals surface area (Å²) >= 11 is 0. The molecule has 0 amide bonds. The number of hydrogen-bond donors (Lipinski definition) is 1. The van der Waals surface area contributed by atoms with Crippen molar-refractivity contribution in [1.29, 1.82) is 0 Å². The van der Waals surface area contributed by atoms with E-state index in [0.29, 0.717) is 12.6 Å². The Morgan fingerprint density at radius 1 is 1.57 bits per heavy atom. The summed E-state index contributed by atoms with van der Waals surface area (Å²) in [5.41, 5.74) is 5.55. The van der Waals surface area contributed by atoms with Crippen LogP contribution in [0, 0.1) is 0 Å². The second-order valence-corrected chi connectivity index (χ2v) is 3.69. The van der Waals surface area contributed by atoms with E-state index in [1.54, 1.807) is 7.05 Å². The summed E-state index contributed by atoms with van der Waals surface area (Å²) < 4.78 is 0. The Labute approximate surface area is 83.1 Å². The topological polar surface area (TPSA) is 72.9 Å². The summed E-state index contributed by atoms with van der Waals surface area (Å²) in [5.74, 6) is 0.785. The maximum absolute atomic E-state index is 5.55. The van der Waals surface area contributed by atoms with Gasteiger partial charge in [0.1, 0.15) is 0 Å². The molecular weight excluding hydrogens is 180 g/mol. The molecule has 1 fully saturated rings. The second-order valence-electron chi connectivity index (χ2n) is 3.69. The van der Waals surface area contributed by atoms with Crippen molar-refractivity contribution in [2.24, 2.45) is 12.8 Å². The molecule has 1 aliphatic carbocycles. The SMILES string of the molecule is Cn1nnc(CN(CCN)C2CC2)n1. The highest BCUT2D eigenvalue weighted by Gasteiger charge is 2.29. The van der Waals surface area contributed by atoms with Crippen LogP contribution in [0.25, 0.3) is 0 Å². The predicted octanol–water partition coefficient (Wildman–Crippen LogP) is -0.867. The van der Waals surface area contributed by atoms with Crippen LogP contribution in [0.2, 0.25) is 0 Å². The van der Waals surface area contributed by atoms with Crippen molar-refractivity contribution in [3.63, 3.8) is 0 Å². The molecule has 0 unspecified atom stereocenters. The monoisotopic (exact) mass is 196 g/mol. The molecule has 6 nitrogen and oxygen atoms in total. The first-order chi connectivity index (χ1) is 6.79. The predicted molar refractivity (Wildman–Crippen MR) is 51.3 cm³/mol. The van der Waals surface area contributed by atoms with Gasteiger partial charge in [-0.2, -0.15) is 4.80 Å². The lowest BCUT2D eigenvalue weighted by atomic mass is 10.4. The van der Waals surface area contributed by atoms with Gasteiger partial charge in [0.05, 0.1) is 13.6 Å². The van der Waals surface area contributed by atoms with Crippen LogP contribution in [0.1, 0.15) is 18.7 Å². The van der Waals surface area contributed by atoms with Crippen LogP contribution < -0.4 is 5.73 Å². The average Bonchev–Trinajstić information content (AvgIpc) is 2.91. The van der Waals surface area contributed by atoms with Gasteiger partial charge in [-0.25, -0.2) is 0 Å². The van der Waals surface area contributed by atoms with Crippen LogP contribution in [0.3, 0.4) is 0 Å². The summed E-state index contributed by atoms with van der Waals surface area (Å²) in [4.78, 5) is 3.82. The van der Waals surface area contributed by atoms with Gasteiger partial charge in [-0.15, -0.1) is 10.2 Å². The molecule has 1 heterocycles. The van der Waals surface area contributed by atoms with Gasteiger partial charge in [-0.1, -0.05) is 0 Å². The molecule has 2 rings (SSSR count). The number of nitrogens with two attached hydrogens (primary N) is 1. The molecule has 0 atom stereocenters. The molecule has 1 saturated carbocycles. The van der Waals surface area contributed by atoms with E-state index in [9.17, 15) is 0 Å². The summed E-state index contributed by atoms with van der Waals surface area (Å²) in [6.45, 7) is 2.38. The zero-order valence-corrected chi connectivity index (χ0v) is 8.43. The standard InChI is InChI=1S/C8H16N6/c1-13-11-8(10-12-13)6-14(5-4-9)7-2-3-7/h7H,2-6,9H2,1H3. The molecular formula is C8H16N6. The van der Waals surface area contributed by atoms with Gasteiger partial charge in [0.25, 0.3) is 0 Å². The fourth-order valence-corrected chi connectivity index (χ4v) is 1.56. The highest BCUT2D eigenvalue weighted by Crippen LogP contribution is 2.27. The fourth-order valence-electron chi connectivity index (χ4n) is 1.56. The van der Waals surface area contributed by atoms with E-state index in [4.69, 9.17) is 5.73 Å². The molecule has 0 aliphatic heterocycles. The third-order valence-electron chi connectivity index (χ3n) is 2.37. The normalized spacial score (nSPS) is 16.5. The first-order valence-corrected chi connectivity index (χ1v) is 4.96. The van der Waals surface area contributed by atoms with Crippen molar-refractivity contribution in [3.05, 3.63) is 5.82 Å². The Bertz CT molecular complexity index is 292. The first-order valence-electron chi connectivity index (χ1n) is 4.96. The number of aromatic nitrogens is 4. The van der Waals surface area contributed by atoms with Crippen LogP contribution in [-0.4, -0.2) is 44.2 Å². The van der Waals surface area contributed by atoms with Gasteiger partial charge in [-0.3, -0.25) is 4.90 Å². The number of hydrogen-bond acceptors (Lipinski definition) is 5. The van der Waals surface area contributed by atoms with Gasteiger partial charge >= 0.3 is 0 Å². The van der Waals surface area contributed by atoms with Crippen molar-refractivity contribution in [2.45, 2.75) is 25.4 Å². The zero-order chi connectivity index (χ0) is 9.97. The maximum Gasteiger partial charge on any atom is 0.188 e. The molecule has 14 heavy (non-hydrogen) atoms. The molecule has 0 aromatic carbocycles. The van der Waals surface area contributed by atoms with Gasteiger partial charge in [0, 0.05) is 19.1 Å². The zero-order valence-electron chi connectivity index (χ0n) is 8.43. The quantitative estimate of drug-likeness (QED) is 0.663. The molecule has 0 spiro atoms. The third-order valence-corrected chi connectivity index (χ3v) is 2.37. The third kappa shape index (κ3) is 2.27. The van der Waals surface area contributed by atoms with E-state index in [1.165, 1.54) is 17.6 Å². The van der Waals surface area contributed by atoms with Gasteiger partial charge in [-0.05, 0) is 18.1 Å². The molecule has 1 aliphatic rings. The van der Waals surface area contributed by atoms with E-state index < -0.39 is 0 Å². The summed E-state index contributed by atoms with van der Waals surface area (Å²) in [6.07, 6.45) is 2.56. The minimum absolute atomic E-state index is 0.691. The van der Waals surface area contributed by atoms with Crippen molar-refractivity contribution in [1.82, 2.24) is 25.1 Å². The van der Waals surface area contributed by atoms with Crippen molar-refractivity contribution >= 4 is 0 Å². The molecule has 0 radical (unpaired) electrons. The summed E-state index contributed by atoms with van der Waals surface area (Å²) in [7, 11) is 1.78. The molecule has 0 saturated heterocycles. The molecule has 0 bridgehead atoms. The van der Waals surface area contributed by atoms with Crippen molar-refractivity contribution < 1.29 is 0 Å². The maximum atomic E-state index is 5.55. The van der Waals surface area contributed by atoms with Crippen LogP contribution in [-0.2, 0) is 13.6 Å². The van der Waals surface area contributed by atoms with Crippen LogP contribution in [0.4, 0.5) is 0 Å². The Morgan fingerprint density at radius 3 is 2.86 bits per heavy atom. The lowest BCUT2D eigenvalue weighted by Crippen LogP contribution is -2.31. The minimum atomic E-state index is 0.691. The first kappa shape index (κ1) is 9.54. The van der Waals surface area contributed by atoms with Crippen LogP contribution in [0.15, 0.2) is 0 Å². The van der Waals surface area contributed by atoms with Crippen molar-refractivity contribution in [2.75, 3.05) is 13.1 Å². The van der Waals surface area contributed by atoms with Crippen LogP contribution >= 0.6 is 0 Å². The van der Waals surface area contributed by atoms with Crippen LogP contribution in [0.5, 0.6) is 0 Å². The molecule has 6 heteroatoms. The highest BCUT2D eigenvalue weighted by atomic mass is 15.6. The molecule has 78 valence electrons. The highest BCUT2D eigenvalue weighted by molar-refractivity contribution is 4.88. The van der Waals surface area contributed by atoms with E-state index in [1.807, 2.05) is 0 Å². The largest absolute Gasteiger partial charge is 0.329 e. The van der Waals surface area contributed by atoms with Gasteiger partial charge in [0.2, 0.25) is 0 Å². The Balaban J connectivity index is 1.92. The molecule has 1 aromatic rings. The minimum Gasteiger partial charge on any atom is -0.329 e. The Kier molecular flexibility index (Phi) is 2.74. The van der Waals surface area contributed by atoms with E-state index >= 15 is 0 Å². The molecule has 2 N–H and O–H groups in total. The Hall–Kier alpha value is -1.01. The van der Waals surface area contributed by atoms with Gasteiger partial charge in [0.15, 0.2) is 5.82 Å². The second kappa shape index (κ2) is 4.02. The molecule has 1 aromatic heterocycles. The van der Waals surface area contributed by atoms with E-state index in [2.05, 4.69) is 20.3 Å².